The quantitative estimate of drug-likeness (QED) is 0.481. The first kappa shape index (κ1) is 12.8. The predicted octanol–water partition coefficient (Wildman–Crippen LogP) is -1.00. The van der Waals surface area contributed by atoms with Crippen LogP contribution in [-0.4, -0.2) is 27.8 Å². The number of carbonyl (C=O) groups excluding carboxylic acids is 2. The van der Waals surface area contributed by atoms with Crippen molar-refractivity contribution in [2.45, 2.75) is 12.5 Å². The molecule has 0 bridgehead atoms. The molecule has 2 amide bonds. The van der Waals surface area contributed by atoms with Crippen LogP contribution in [-0.2, 0) is 9.59 Å². The summed E-state index contributed by atoms with van der Waals surface area (Å²) in [5.41, 5.74) is 11.8. The fourth-order valence-corrected chi connectivity index (χ4v) is 1.65. The van der Waals surface area contributed by atoms with Gasteiger partial charge in [-0.1, -0.05) is 0 Å². The Morgan fingerprint density at radius 3 is 2.63 bits per heavy atom. The Balaban J connectivity index is 2.14. The molecule has 2 aromatic rings. The molecule has 8 heteroatoms. The average molecular weight is 263 g/mol. The summed E-state index contributed by atoms with van der Waals surface area (Å²) in [6.45, 7) is 0. The molecule has 0 saturated heterocycles. The largest absolute Gasteiger partial charge is 0.370 e. The number of aromatic amines is 2. The summed E-state index contributed by atoms with van der Waals surface area (Å²) in [4.78, 5) is 38.6. The van der Waals surface area contributed by atoms with Crippen LogP contribution < -0.4 is 22.5 Å². The molecular formula is C11H13N5O3. The van der Waals surface area contributed by atoms with Crippen LogP contribution in [0.1, 0.15) is 6.42 Å². The summed E-state index contributed by atoms with van der Waals surface area (Å²) in [7, 11) is 0. The molecule has 0 saturated carbocycles. The molecule has 19 heavy (non-hydrogen) atoms. The lowest BCUT2D eigenvalue weighted by Gasteiger charge is -2.10. The number of primary amides is 1. The molecule has 0 fully saturated rings. The third-order valence-corrected chi connectivity index (χ3v) is 2.54. The molecule has 8 nitrogen and oxygen atoms in total. The van der Waals surface area contributed by atoms with Gasteiger partial charge in [0.05, 0.1) is 23.5 Å². The molecule has 0 aliphatic heterocycles. The summed E-state index contributed by atoms with van der Waals surface area (Å²) in [6.07, 6.45) is -0.227. The number of carbonyl (C=O) groups is 2. The Morgan fingerprint density at radius 2 is 1.95 bits per heavy atom. The zero-order valence-electron chi connectivity index (χ0n) is 9.90. The van der Waals surface area contributed by atoms with Gasteiger partial charge in [0.25, 0.3) is 0 Å². The van der Waals surface area contributed by atoms with E-state index in [4.69, 9.17) is 11.5 Å². The monoisotopic (exact) mass is 263 g/mol. The van der Waals surface area contributed by atoms with Crippen molar-refractivity contribution in [1.82, 2.24) is 9.97 Å². The Labute approximate surface area is 107 Å². The lowest BCUT2D eigenvalue weighted by Crippen LogP contribution is -2.38. The van der Waals surface area contributed by atoms with Crippen LogP contribution >= 0.6 is 0 Å². The fourth-order valence-electron chi connectivity index (χ4n) is 1.65. The minimum Gasteiger partial charge on any atom is -0.370 e. The van der Waals surface area contributed by atoms with Gasteiger partial charge >= 0.3 is 5.69 Å². The van der Waals surface area contributed by atoms with Crippen molar-refractivity contribution in [2.24, 2.45) is 11.5 Å². The second-order valence-electron chi connectivity index (χ2n) is 4.11. The van der Waals surface area contributed by atoms with E-state index in [2.05, 4.69) is 15.3 Å². The number of H-pyrrole nitrogens is 2. The van der Waals surface area contributed by atoms with Gasteiger partial charge in [-0.2, -0.15) is 0 Å². The molecule has 1 unspecified atom stereocenters. The predicted molar refractivity (Wildman–Crippen MR) is 69.3 cm³/mol. The lowest BCUT2D eigenvalue weighted by atomic mass is 10.2. The summed E-state index contributed by atoms with van der Waals surface area (Å²) in [5.74, 6) is -1.16. The van der Waals surface area contributed by atoms with Gasteiger partial charge in [0.15, 0.2) is 0 Å². The van der Waals surface area contributed by atoms with Gasteiger partial charge in [-0.15, -0.1) is 0 Å². The van der Waals surface area contributed by atoms with Crippen LogP contribution in [0.25, 0.3) is 11.0 Å². The third kappa shape index (κ3) is 2.99. The molecule has 2 rings (SSSR count). The molecule has 0 aliphatic rings. The maximum atomic E-state index is 11.7. The topological polar surface area (TPSA) is 147 Å². The molecular weight excluding hydrogens is 250 g/mol. The number of nitrogens with one attached hydrogen (secondary N) is 3. The van der Waals surface area contributed by atoms with Crippen LogP contribution in [0.15, 0.2) is 23.0 Å². The lowest BCUT2D eigenvalue weighted by molar-refractivity contribution is -0.123. The van der Waals surface area contributed by atoms with E-state index in [1.54, 1.807) is 18.2 Å². The maximum absolute atomic E-state index is 11.7. The molecule has 1 aromatic carbocycles. The van der Waals surface area contributed by atoms with Crippen LogP contribution in [0.2, 0.25) is 0 Å². The molecule has 1 atom stereocenters. The summed E-state index contributed by atoms with van der Waals surface area (Å²) in [5, 5.41) is 2.54. The van der Waals surface area contributed by atoms with Gasteiger partial charge in [0.2, 0.25) is 11.8 Å². The van der Waals surface area contributed by atoms with Gasteiger partial charge in [0, 0.05) is 5.69 Å². The normalized spacial score (nSPS) is 12.3. The Morgan fingerprint density at radius 1 is 1.26 bits per heavy atom. The Bertz CT molecular complexity index is 687. The van der Waals surface area contributed by atoms with Gasteiger partial charge in [-0.25, -0.2) is 4.79 Å². The maximum Gasteiger partial charge on any atom is 0.323 e. The minimum absolute atomic E-state index is 0.227. The van der Waals surface area contributed by atoms with Crippen molar-refractivity contribution >= 4 is 28.5 Å². The Hall–Kier alpha value is -2.61. The first-order valence-corrected chi connectivity index (χ1v) is 5.52. The number of anilines is 1. The first-order chi connectivity index (χ1) is 8.95. The van der Waals surface area contributed by atoms with E-state index in [1.165, 1.54) is 0 Å². The minimum atomic E-state index is -1.00. The number of nitrogens with two attached hydrogens (primary N) is 2. The van der Waals surface area contributed by atoms with Crippen molar-refractivity contribution in [3.63, 3.8) is 0 Å². The number of fused-ring (bicyclic) bond motifs is 1. The van der Waals surface area contributed by atoms with Gasteiger partial charge < -0.3 is 26.8 Å². The van der Waals surface area contributed by atoms with E-state index in [0.29, 0.717) is 16.7 Å². The number of hydrogen-bond acceptors (Lipinski definition) is 4. The summed E-state index contributed by atoms with van der Waals surface area (Å²) < 4.78 is 0. The van der Waals surface area contributed by atoms with E-state index in [0.717, 1.165) is 0 Å². The van der Waals surface area contributed by atoms with Gasteiger partial charge in [-0.05, 0) is 18.2 Å². The molecule has 0 aliphatic carbocycles. The second-order valence-corrected chi connectivity index (χ2v) is 4.11. The van der Waals surface area contributed by atoms with Crippen molar-refractivity contribution in [3.8, 4) is 0 Å². The van der Waals surface area contributed by atoms with Crippen molar-refractivity contribution in [3.05, 3.63) is 28.7 Å². The van der Waals surface area contributed by atoms with Crippen LogP contribution in [0, 0.1) is 0 Å². The number of aromatic nitrogens is 2. The van der Waals surface area contributed by atoms with E-state index < -0.39 is 17.9 Å². The first-order valence-electron chi connectivity index (χ1n) is 5.52. The average Bonchev–Trinajstić information content (AvgIpc) is 2.67. The van der Waals surface area contributed by atoms with Crippen LogP contribution in [0.4, 0.5) is 5.69 Å². The number of rotatable bonds is 4. The standard InChI is InChI=1S/C11H13N5O3/c12-6(4-9(13)17)10(18)14-5-1-2-7-8(3-5)16-11(19)15-7/h1-3,6H,4,12H2,(H2,13,17)(H,14,18)(H2,15,16,19). The molecule has 0 spiro atoms. The van der Waals surface area contributed by atoms with E-state index in [9.17, 15) is 14.4 Å². The third-order valence-electron chi connectivity index (χ3n) is 2.54. The SMILES string of the molecule is NC(=O)CC(N)C(=O)Nc1ccc2[nH]c(=O)[nH]c2c1. The highest BCUT2D eigenvalue weighted by atomic mass is 16.2. The van der Waals surface area contributed by atoms with E-state index in [-0.39, 0.29) is 12.1 Å². The highest BCUT2D eigenvalue weighted by Gasteiger charge is 2.16. The van der Waals surface area contributed by atoms with Gasteiger partial charge in [-0.3, -0.25) is 9.59 Å². The zero-order chi connectivity index (χ0) is 14.0. The molecule has 1 heterocycles. The fraction of sp³-hybridized carbons (Fsp3) is 0.182. The molecule has 100 valence electrons. The number of amides is 2. The second kappa shape index (κ2) is 4.94. The Kier molecular flexibility index (Phi) is 3.34. The molecule has 1 aromatic heterocycles. The van der Waals surface area contributed by atoms with Crippen LogP contribution in [0.5, 0.6) is 0 Å². The van der Waals surface area contributed by atoms with Crippen LogP contribution in [0.3, 0.4) is 0 Å². The zero-order valence-corrected chi connectivity index (χ0v) is 9.90. The summed E-state index contributed by atoms with van der Waals surface area (Å²) in [6, 6.07) is 3.84. The molecule has 7 N–H and O–H groups in total. The number of benzene rings is 1. The highest BCUT2D eigenvalue weighted by molar-refractivity contribution is 5.98. The number of imidazole rings is 1. The number of hydrogen-bond donors (Lipinski definition) is 5. The van der Waals surface area contributed by atoms with Crippen molar-refractivity contribution < 1.29 is 9.59 Å². The highest BCUT2D eigenvalue weighted by Crippen LogP contribution is 2.14. The van der Waals surface area contributed by atoms with E-state index >= 15 is 0 Å². The molecule has 0 radical (unpaired) electrons. The summed E-state index contributed by atoms with van der Waals surface area (Å²) >= 11 is 0. The smallest absolute Gasteiger partial charge is 0.323 e. The van der Waals surface area contributed by atoms with Crippen molar-refractivity contribution in [1.29, 1.82) is 0 Å². The van der Waals surface area contributed by atoms with E-state index in [1.807, 2.05) is 0 Å². The van der Waals surface area contributed by atoms with Crippen molar-refractivity contribution in [2.75, 3.05) is 5.32 Å². The van der Waals surface area contributed by atoms with Gasteiger partial charge in [0.1, 0.15) is 0 Å².